The van der Waals surface area contributed by atoms with Crippen LogP contribution in [-0.2, 0) is 14.6 Å². The summed E-state index contributed by atoms with van der Waals surface area (Å²) in [4.78, 5) is 28.2. The van der Waals surface area contributed by atoms with E-state index in [0.717, 1.165) is 0 Å². The highest BCUT2D eigenvalue weighted by molar-refractivity contribution is 7.91. The minimum Gasteiger partial charge on any atom is -0.351 e. The lowest BCUT2D eigenvalue weighted by Crippen LogP contribution is -2.62. The first-order chi connectivity index (χ1) is 11.2. The average Bonchev–Trinajstić information content (AvgIpc) is 3.06. The standard InChI is InChI=1S/C15H21N3O5S/c1-9(2)14(19)17-4-5-18(12-8-24(21,22)7-11(12)17)15(20)13-6-10(3)16-23-13/h6,9,11-12H,4-5,7-8H2,1-3H3. The first-order valence-corrected chi connectivity index (χ1v) is 9.77. The van der Waals surface area contributed by atoms with Crippen LogP contribution in [0.25, 0.3) is 0 Å². The highest BCUT2D eigenvalue weighted by Gasteiger charge is 2.50. The Labute approximate surface area is 140 Å². The second kappa shape index (κ2) is 5.87. The van der Waals surface area contributed by atoms with E-state index in [-0.39, 0.29) is 41.5 Å². The van der Waals surface area contributed by atoms with Gasteiger partial charge >= 0.3 is 0 Å². The fourth-order valence-electron chi connectivity index (χ4n) is 3.42. The average molecular weight is 355 g/mol. The van der Waals surface area contributed by atoms with Gasteiger partial charge in [0.05, 0.1) is 29.3 Å². The maximum Gasteiger partial charge on any atom is 0.292 e. The topological polar surface area (TPSA) is 101 Å². The molecule has 3 rings (SSSR count). The Morgan fingerprint density at radius 1 is 1.21 bits per heavy atom. The van der Waals surface area contributed by atoms with Gasteiger partial charge in [-0.1, -0.05) is 19.0 Å². The fraction of sp³-hybridized carbons (Fsp3) is 0.667. The van der Waals surface area contributed by atoms with Crippen molar-refractivity contribution in [1.29, 1.82) is 0 Å². The lowest BCUT2D eigenvalue weighted by atomic mass is 10.0. The van der Waals surface area contributed by atoms with E-state index in [1.165, 1.54) is 11.0 Å². The predicted molar refractivity (Wildman–Crippen MR) is 85.1 cm³/mol. The van der Waals surface area contributed by atoms with Gasteiger partial charge in [0.1, 0.15) is 0 Å². The lowest BCUT2D eigenvalue weighted by molar-refractivity contribution is -0.139. The Balaban J connectivity index is 1.90. The largest absolute Gasteiger partial charge is 0.351 e. The number of rotatable bonds is 2. The fourth-order valence-corrected chi connectivity index (χ4v) is 5.40. The van der Waals surface area contributed by atoms with Crippen molar-refractivity contribution in [1.82, 2.24) is 15.0 Å². The lowest BCUT2D eigenvalue weighted by Gasteiger charge is -2.44. The van der Waals surface area contributed by atoms with E-state index in [1.807, 2.05) is 0 Å². The Morgan fingerprint density at radius 3 is 2.33 bits per heavy atom. The predicted octanol–water partition coefficient (Wildman–Crippen LogP) is 0.0890. The van der Waals surface area contributed by atoms with E-state index in [2.05, 4.69) is 5.16 Å². The summed E-state index contributed by atoms with van der Waals surface area (Å²) in [7, 11) is -3.30. The van der Waals surface area contributed by atoms with Crippen molar-refractivity contribution in [3.05, 3.63) is 17.5 Å². The molecule has 0 aliphatic carbocycles. The first kappa shape index (κ1) is 16.9. The zero-order chi connectivity index (χ0) is 17.6. The molecule has 9 heteroatoms. The quantitative estimate of drug-likeness (QED) is 0.745. The van der Waals surface area contributed by atoms with E-state index in [0.29, 0.717) is 12.2 Å². The molecule has 0 aromatic carbocycles. The number of aryl methyl sites for hydroxylation is 1. The number of sulfone groups is 1. The number of hydrogen-bond donors (Lipinski definition) is 0. The molecule has 0 bridgehead atoms. The molecule has 132 valence electrons. The third kappa shape index (κ3) is 2.92. The summed E-state index contributed by atoms with van der Waals surface area (Å²) < 4.78 is 29.3. The minimum atomic E-state index is -3.30. The van der Waals surface area contributed by atoms with Crippen LogP contribution in [0.4, 0.5) is 0 Å². The number of amides is 2. The zero-order valence-electron chi connectivity index (χ0n) is 13.9. The monoisotopic (exact) mass is 355 g/mol. The van der Waals surface area contributed by atoms with E-state index in [1.54, 1.807) is 25.7 Å². The van der Waals surface area contributed by atoms with Crippen LogP contribution < -0.4 is 0 Å². The number of fused-ring (bicyclic) bond motifs is 1. The summed E-state index contributed by atoms with van der Waals surface area (Å²) in [6.45, 7) is 5.90. The third-order valence-corrected chi connectivity index (χ3v) is 6.25. The smallest absolute Gasteiger partial charge is 0.292 e. The second-order valence-corrected chi connectivity index (χ2v) is 8.88. The van der Waals surface area contributed by atoms with Gasteiger partial charge in [-0.3, -0.25) is 9.59 Å². The van der Waals surface area contributed by atoms with Crippen LogP contribution in [0, 0.1) is 12.8 Å². The summed E-state index contributed by atoms with van der Waals surface area (Å²) in [6.07, 6.45) is 0. The Morgan fingerprint density at radius 2 is 1.79 bits per heavy atom. The molecule has 3 heterocycles. The van der Waals surface area contributed by atoms with E-state index in [9.17, 15) is 18.0 Å². The van der Waals surface area contributed by atoms with Gasteiger partial charge < -0.3 is 14.3 Å². The summed E-state index contributed by atoms with van der Waals surface area (Å²) in [6, 6.07) is 0.503. The summed E-state index contributed by atoms with van der Waals surface area (Å²) in [5.41, 5.74) is 0.586. The highest BCUT2D eigenvalue weighted by atomic mass is 32.2. The van der Waals surface area contributed by atoms with Crippen molar-refractivity contribution in [2.24, 2.45) is 5.92 Å². The number of aromatic nitrogens is 1. The maximum atomic E-state index is 12.7. The van der Waals surface area contributed by atoms with Gasteiger partial charge in [0.15, 0.2) is 9.84 Å². The molecule has 24 heavy (non-hydrogen) atoms. The molecule has 1 aromatic rings. The highest BCUT2D eigenvalue weighted by Crippen LogP contribution is 2.29. The number of carbonyl (C=O) groups excluding carboxylic acids is 2. The van der Waals surface area contributed by atoms with Gasteiger partial charge in [-0.2, -0.15) is 0 Å². The first-order valence-electron chi connectivity index (χ1n) is 7.95. The van der Waals surface area contributed by atoms with Gasteiger partial charge in [0.2, 0.25) is 11.7 Å². The summed E-state index contributed by atoms with van der Waals surface area (Å²) in [5.74, 6) is -0.801. The maximum absolute atomic E-state index is 12.7. The second-order valence-electron chi connectivity index (χ2n) is 6.73. The number of piperazine rings is 1. The SMILES string of the molecule is Cc1cc(C(=O)N2CCN(C(=O)C(C)C)C3CS(=O)(=O)CC32)on1. The van der Waals surface area contributed by atoms with Crippen LogP contribution in [0.2, 0.25) is 0 Å². The van der Waals surface area contributed by atoms with Crippen LogP contribution in [0.15, 0.2) is 10.6 Å². The number of carbonyl (C=O) groups is 2. The third-order valence-electron chi connectivity index (χ3n) is 4.55. The molecular formula is C15H21N3O5S. The van der Waals surface area contributed by atoms with Crippen molar-refractivity contribution in [3.8, 4) is 0 Å². The van der Waals surface area contributed by atoms with Crippen LogP contribution in [-0.4, -0.2) is 71.9 Å². The van der Waals surface area contributed by atoms with Gasteiger partial charge in [0, 0.05) is 25.1 Å². The molecule has 2 saturated heterocycles. The minimum absolute atomic E-state index is 0.0790. The molecular weight excluding hydrogens is 334 g/mol. The molecule has 2 amide bonds. The van der Waals surface area contributed by atoms with Gasteiger partial charge in [-0.25, -0.2) is 8.42 Å². The molecule has 0 radical (unpaired) electrons. The molecule has 2 unspecified atom stereocenters. The molecule has 2 aliphatic rings. The zero-order valence-corrected chi connectivity index (χ0v) is 14.7. The summed E-state index contributed by atoms with van der Waals surface area (Å²) in [5, 5.41) is 3.71. The Kier molecular flexibility index (Phi) is 4.15. The van der Waals surface area contributed by atoms with Crippen LogP contribution in [0.3, 0.4) is 0 Å². The summed E-state index contributed by atoms with van der Waals surface area (Å²) >= 11 is 0. The molecule has 2 aliphatic heterocycles. The van der Waals surface area contributed by atoms with Crippen LogP contribution in [0.5, 0.6) is 0 Å². The van der Waals surface area contributed by atoms with Crippen molar-refractivity contribution < 1.29 is 22.5 Å². The molecule has 8 nitrogen and oxygen atoms in total. The van der Waals surface area contributed by atoms with Crippen molar-refractivity contribution in [2.45, 2.75) is 32.9 Å². The molecule has 0 N–H and O–H groups in total. The van der Waals surface area contributed by atoms with E-state index in [4.69, 9.17) is 4.52 Å². The Hall–Kier alpha value is -1.90. The molecule has 0 saturated carbocycles. The van der Waals surface area contributed by atoms with Crippen LogP contribution in [0.1, 0.15) is 30.1 Å². The van der Waals surface area contributed by atoms with E-state index >= 15 is 0 Å². The van der Waals surface area contributed by atoms with Crippen LogP contribution >= 0.6 is 0 Å². The normalized spacial score (nSPS) is 25.8. The van der Waals surface area contributed by atoms with Gasteiger partial charge in [-0.05, 0) is 6.92 Å². The van der Waals surface area contributed by atoms with Gasteiger partial charge in [0.25, 0.3) is 5.91 Å². The Bertz CT molecular complexity index is 770. The molecule has 2 atom stereocenters. The molecule has 0 spiro atoms. The van der Waals surface area contributed by atoms with Gasteiger partial charge in [-0.15, -0.1) is 0 Å². The number of hydrogen-bond acceptors (Lipinski definition) is 6. The molecule has 1 aromatic heterocycles. The van der Waals surface area contributed by atoms with Crippen molar-refractivity contribution in [2.75, 3.05) is 24.6 Å². The van der Waals surface area contributed by atoms with E-state index < -0.39 is 21.9 Å². The number of nitrogens with zero attached hydrogens (tertiary/aromatic N) is 3. The van der Waals surface area contributed by atoms with Crippen molar-refractivity contribution >= 4 is 21.7 Å². The van der Waals surface area contributed by atoms with Crippen molar-refractivity contribution in [3.63, 3.8) is 0 Å². The molecule has 2 fully saturated rings.